The Balaban J connectivity index is 1.89. The van der Waals surface area contributed by atoms with Crippen molar-refractivity contribution in [3.63, 3.8) is 0 Å². The number of hydrogen-bond acceptors (Lipinski definition) is 4. The second-order valence-electron chi connectivity index (χ2n) is 5.78. The van der Waals surface area contributed by atoms with E-state index in [1.807, 2.05) is 6.92 Å². The van der Waals surface area contributed by atoms with E-state index in [-0.39, 0.29) is 0 Å². The van der Waals surface area contributed by atoms with Crippen LogP contribution in [-0.4, -0.2) is 22.6 Å². The van der Waals surface area contributed by atoms with Crippen LogP contribution >= 0.6 is 11.6 Å². The lowest BCUT2D eigenvalue weighted by molar-refractivity contribution is 0.128. The van der Waals surface area contributed by atoms with Crippen molar-refractivity contribution in [1.82, 2.24) is 9.97 Å². The molecule has 0 saturated heterocycles. The molecule has 1 fully saturated rings. The number of anilines is 1. The van der Waals surface area contributed by atoms with Gasteiger partial charge >= 0.3 is 0 Å². The van der Waals surface area contributed by atoms with Crippen molar-refractivity contribution >= 4 is 17.4 Å². The Labute approximate surface area is 132 Å². The SMILES string of the molecule is CCCC1CCC(Nc2cc(Cl)nc(COCC)n2)CC1. The van der Waals surface area contributed by atoms with E-state index in [0.29, 0.717) is 30.2 Å². The van der Waals surface area contributed by atoms with Gasteiger partial charge in [-0.05, 0) is 38.5 Å². The maximum atomic E-state index is 6.06. The minimum Gasteiger partial charge on any atom is -0.374 e. The molecule has 0 spiro atoms. The molecule has 1 aromatic rings. The average Bonchev–Trinajstić information content (AvgIpc) is 2.47. The lowest BCUT2D eigenvalue weighted by atomic mass is 9.83. The van der Waals surface area contributed by atoms with Crippen LogP contribution in [0.1, 0.15) is 58.2 Å². The normalized spacial score (nSPS) is 22.2. The van der Waals surface area contributed by atoms with Gasteiger partial charge in [0.15, 0.2) is 5.82 Å². The smallest absolute Gasteiger partial charge is 0.158 e. The summed E-state index contributed by atoms with van der Waals surface area (Å²) in [5, 5.41) is 3.98. The lowest BCUT2D eigenvalue weighted by Crippen LogP contribution is -2.26. The number of nitrogens with zero attached hydrogens (tertiary/aromatic N) is 2. The summed E-state index contributed by atoms with van der Waals surface area (Å²) >= 11 is 6.06. The minimum absolute atomic E-state index is 0.412. The fraction of sp³-hybridized carbons (Fsp3) is 0.750. The minimum atomic E-state index is 0.412. The Bertz CT molecular complexity index is 434. The number of rotatable bonds is 7. The molecule has 1 aliphatic carbocycles. The van der Waals surface area contributed by atoms with Gasteiger partial charge in [-0.3, -0.25) is 0 Å². The van der Waals surface area contributed by atoms with Crippen LogP contribution in [0.3, 0.4) is 0 Å². The Morgan fingerprint density at radius 2 is 2.00 bits per heavy atom. The van der Waals surface area contributed by atoms with E-state index < -0.39 is 0 Å². The fourth-order valence-electron chi connectivity index (χ4n) is 3.01. The molecule has 21 heavy (non-hydrogen) atoms. The maximum absolute atomic E-state index is 6.06. The molecule has 1 aliphatic rings. The third-order valence-corrected chi connectivity index (χ3v) is 4.27. The van der Waals surface area contributed by atoms with Crippen LogP contribution in [0.2, 0.25) is 5.15 Å². The third kappa shape index (κ3) is 5.44. The first kappa shape index (κ1) is 16.5. The highest BCUT2D eigenvalue weighted by atomic mass is 35.5. The zero-order chi connectivity index (χ0) is 15.1. The van der Waals surface area contributed by atoms with Gasteiger partial charge in [0.1, 0.15) is 17.6 Å². The zero-order valence-electron chi connectivity index (χ0n) is 13.1. The number of halogens is 1. The quantitative estimate of drug-likeness (QED) is 0.756. The summed E-state index contributed by atoms with van der Waals surface area (Å²) < 4.78 is 5.35. The van der Waals surface area contributed by atoms with Crippen molar-refractivity contribution in [2.24, 2.45) is 5.92 Å². The number of aromatic nitrogens is 2. The summed E-state index contributed by atoms with van der Waals surface area (Å²) in [6.45, 7) is 5.29. The van der Waals surface area contributed by atoms with Gasteiger partial charge < -0.3 is 10.1 Å². The summed E-state index contributed by atoms with van der Waals surface area (Å²) in [6.07, 6.45) is 7.72. The Morgan fingerprint density at radius 3 is 2.67 bits per heavy atom. The van der Waals surface area contributed by atoms with E-state index in [9.17, 15) is 0 Å². The molecule has 118 valence electrons. The van der Waals surface area contributed by atoms with Crippen LogP contribution in [0.25, 0.3) is 0 Å². The van der Waals surface area contributed by atoms with Gasteiger partial charge in [0.25, 0.3) is 0 Å². The van der Waals surface area contributed by atoms with E-state index in [1.54, 1.807) is 6.07 Å². The highest BCUT2D eigenvalue weighted by Crippen LogP contribution is 2.29. The van der Waals surface area contributed by atoms with Gasteiger partial charge in [-0.25, -0.2) is 9.97 Å². The molecule has 1 aromatic heterocycles. The third-order valence-electron chi connectivity index (χ3n) is 4.07. The monoisotopic (exact) mass is 311 g/mol. The molecule has 1 heterocycles. The second kappa shape index (κ2) is 8.54. The van der Waals surface area contributed by atoms with Crippen LogP contribution in [0.15, 0.2) is 6.07 Å². The van der Waals surface area contributed by atoms with Gasteiger partial charge in [-0.2, -0.15) is 0 Å². The molecule has 0 radical (unpaired) electrons. The first-order chi connectivity index (χ1) is 10.2. The number of ether oxygens (including phenoxy) is 1. The molecule has 0 atom stereocenters. The van der Waals surface area contributed by atoms with E-state index in [4.69, 9.17) is 16.3 Å². The molecular weight excluding hydrogens is 286 g/mol. The van der Waals surface area contributed by atoms with Crippen molar-refractivity contribution in [3.8, 4) is 0 Å². The van der Waals surface area contributed by atoms with Gasteiger partial charge in [-0.1, -0.05) is 31.4 Å². The molecule has 1 N–H and O–H groups in total. The van der Waals surface area contributed by atoms with Crippen LogP contribution < -0.4 is 5.32 Å². The van der Waals surface area contributed by atoms with E-state index >= 15 is 0 Å². The molecule has 0 bridgehead atoms. The average molecular weight is 312 g/mol. The zero-order valence-corrected chi connectivity index (χ0v) is 13.8. The lowest BCUT2D eigenvalue weighted by Gasteiger charge is -2.29. The molecule has 1 saturated carbocycles. The summed E-state index contributed by atoms with van der Waals surface area (Å²) in [6, 6.07) is 2.30. The van der Waals surface area contributed by atoms with Crippen LogP contribution in [0.4, 0.5) is 5.82 Å². The van der Waals surface area contributed by atoms with E-state index in [0.717, 1.165) is 11.7 Å². The summed E-state index contributed by atoms with van der Waals surface area (Å²) in [7, 11) is 0. The van der Waals surface area contributed by atoms with Crippen molar-refractivity contribution in [2.45, 2.75) is 65.0 Å². The molecule has 0 amide bonds. The fourth-order valence-corrected chi connectivity index (χ4v) is 3.21. The predicted octanol–water partition coefficient (Wildman–Crippen LogP) is 4.44. The Kier molecular flexibility index (Phi) is 6.71. The Morgan fingerprint density at radius 1 is 1.24 bits per heavy atom. The molecule has 4 nitrogen and oxygen atoms in total. The van der Waals surface area contributed by atoms with Crippen molar-refractivity contribution in [2.75, 3.05) is 11.9 Å². The van der Waals surface area contributed by atoms with Crippen LogP contribution in [0, 0.1) is 5.92 Å². The van der Waals surface area contributed by atoms with Gasteiger partial charge in [0.05, 0.1) is 0 Å². The largest absolute Gasteiger partial charge is 0.374 e. The summed E-state index contributed by atoms with van der Waals surface area (Å²) in [4.78, 5) is 8.68. The molecular formula is C16H26ClN3O. The van der Waals surface area contributed by atoms with E-state index in [1.165, 1.54) is 38.5 Å². The predicted molar refractivity (Wildman–Crippen MR) is 86.6 cm³/mol. The molecule has 0 aliphatic heterocycles. The number of nitrogens with one attached hydrogen (secondary N) is 1. The molecule has 2 rings (SSSR count). The maximum Gasteiger partial charge on any atom is 0.158 e. The van der Waals surface area contributed by atoms with Crippen LogP contribution in [-0.2, 0) is 11.3 Å². The summed E-state index contributed by atoms with van der Waals surface area (Å²) in [5.74, 6) is 2.38. The first-order valence-electron chi connectivity index (χ1n) is 8.09. The molecule has 0 aromatic carbocycles. The standard InChI is InChI=1S/C16H26ClN3O/c1-3-5-12-6-8-13(9-7-12)18-15-10-14(17)19-16(20-15)11-21-4-2/h10,12-13H,3-9,11H2,1-2H3,(H,18,19,20). The van der Waals surface area contributed by atoms with Crippen molar-refractivity contribution < 1.29 is 4.74 Å². The van der Waals surface area contributed by atoms with E-state index in [2.05, 4.69) is 22.2 Å². The second-order valence-corrected chi connectivity index (χ2v) is 6.17. The first-order valence-corrected chi connectivity index (χ1v) is 8.46. The van der Waals surface area contributed by atoms with Crippen LogP contribution in [0.5, 0.6) is 0 Å². The van der Waals surface area contributed by atoms with Gasteiger partial charge in [-0.15, -0.1) is 0 Å². The van der Waals surface area contributed by atoms with Gasteiger partial charge in [0.2, 0.25) is 0 Å². The Hall–Kier alpha value is -0.870. The van der Waals surface area contributed by atoms with Crippen molar-refractivity contribution in [1.29, 1.82) is 0 Å². The molecule has 0 unspecified atom stereocenters. The summed E-state index contributed by atoms with van der Waals surface area (Å²) in [5.41, 5.74) is 0. The topological polar surface area (TPSA) is 47.0 Å². The van der Waals surface area contributed by atoms with Gasteiger partial charge in [0, 0.05) is 18.7 Å². The highest BCUT2D eigenvalue weighted by Gasteiger charge is 2.20. The van der Waals surface area contributed by atoms with Crippen molar-refractivity contribution in [3.05, 3.63) is 17.0 Å². The number of hydrogen-bond donors (Lipinski definition) is 1. The highest BCUT2D eigenvalue weighted by molar-refractivity contribution is 6.29. The molecule has 5 heteroatoms.